The van der Waals surface area contributed by atoms with Crippen LogP contribution in [0.25, 0.3) is 0 Å². The van der Waals surface area contributed by atoms with Crippen molar-refractivity contribution in [2.45, 2.75) is 32.4 Å². The van der Waals surface area contributed by atoms with Crippen LogP contribution in [0.15, 0.2) is 48.7 Å². The van der Waals surface area contributed by atoms with Gasteiger partial charge in [0.2, 0.25) is 0 Å². The lowest BCUT2D eigenvalue weighted by Crippen LogP contribution is -2.46. The Kier molecular flexibility index (Phi) is 5.83. The third-order valence-corrected chi connectivity index (χ3v) is 4.79. The van der Waals surface area contributed by atoms with Gasteiger partial charge >= 0.3 is 0 Å². The van der Waals surface area contributed by atoms with E-state index in [2.05, 4.69) is 58.1 Å². The van der Waals surface area contributed by atoms with Crippen LogP contribution in [0.4, 0.5) is 5.82 Å². The summed E-state index contributed by atoms with van der Waals surface area (Å²) in [4.78, 5) is 9.59. The molecule has 0 amide bonds. The fourth-order valence-corrected chi connectivity index (χ4v) is 3.26. The summed E-state index contributed by atoms with van der Waals surface area (Å²) in [5.41, 5.74) is 8.83. The lowest BCUT2D eigenvalue weighted by Gasteiger charge is -2.36. The first kappa shape index (κ1) is 16.9. The summed E-state index contributed by atoms with van der Waals surface area (Å²) in [6, 6.07) is 15.1. The van der Waals surface area contributed by atoms with Gasteiger partial charge in [0.05, 0.1) is 0 Å². The van der Waals surface area contributed by atoms with E-state index in [1.807, 2.05) is 12.3 Å². The highest BCUT2D eigenvalue weighted by Gasteiger charge is 2.20. The number of piperazine rings is 1. The van der Waals surface area contributed by atoms with Gasteiger partial charge in [-0.2, -0.15) is 0 Å². The normalized spacial score (nSPS) is 17.0. The van der Waals surface area contributed by atoms with E-state index < -0.39 is 0 Å². The first-order valence-electron chi connectivity index (χ1n) is 8.97. The molecule has 1 aliphatic rings. The fourth-order valence-electron chi connectivity index (χ4n) is 3.26. The molecule has 0 aliphatic carbocycles. The van der Waals surface area contributed by atoms with E-state index in [4.69, 9.17) is 5.73 Å². The molecule has 1 saturated heterocycles. The van der Waals surface area contributed by atoms with Crippen LogP contribution in [0.5, 0.6) is 0 Å². The zero-order valence-electron chi connectivity index (χ0n) is 14.6. The van der Waals surface area contributed by atoms with Crippen molar-refractivity contribution in [3.05, 3.63) is 59.8 Å². The molecule has 1 unspecified atom stereocenters. The summed E-state index contributed by atoms with van der Waals surface area (Å²) in [6.45, 7) is 7.37. The van der Waals surface area contributed by atoms with Crippen LogP contribution >= 0.6 is 0 Å². The zero-order chi connectivity index (χ0) is 16.8. The summed E-state index contributed by atoms with van der Waals surface area (Å²) < 4.78 is 0. The molecular weight excluding hydrogens is 296 g/mol. The Morgan fingerprint density at radius 1 is 1.04 bits per heavy atom. The van der Waals surface area contributed by atoms with E-state index in [0.29, 0.717) is 0 Å². The van der Waals surface area contributed by atoms with E-state index in [1.54, 1.807) is 0 Å². The number of aromatic nitrogens is 1. The molecule has 2 heterocycles. The van der Waals surface area contributed by atoms with Crippen molar-refractivity contribution in [1.82, 2.24) is 9.88 Å². The predicted octanol–water partition coefficient (Wildman–Crippen LogP) is 2.68. The summed E-state index contributed by atoms with van der Waals surface area (Å²) in [5.74, 6) is 1.13. The second-order valence-corrected chi connectivity index (χ2v) is 6.61. The van der Waals surface area contributed by atoms with Gasteiger partial charge in [-0.25, -0.2) is 4.98 Å². The van der Waals surface area contributed by atoms with Crippen molar-refractivity contribution in [2.24, 2.45) is 5.73 Å². The van der Waals surface area contributed by atoms with Crippen LogP contribution in [-0.4, -0.2) is 42.1 Å². The smallest absolute Gasteiger partial charge is 0.131 e. The van der Waals surface area contributed by atoms with Crippen LogP contribution in [-0.2, 0) is 13.0 Å². The molecule has 1 aromatic carbocycles. The maximum Gasteiger partial charge on any atom is 0.131 e. The molecule has 0 saturated carbocycles. The molecule has 4 nitrogen and oxygen atoms in total. The molecule has 1 aromatic heterocycles. The molecule has 1 fully saturated rings. The molecule has 0 radical (unpaired) electrons. The first-order valence-corrected chi connectivity index (χ1v) is 8.97. The molecule has 128 valence electrons. The van der Waals surface area contributed by atoms with E-state index >= 15 is 0 Å². The Morgan fingerprint density at radius 2 is 1.79 bits per heavy atom. The van der Waals surface area contributed by atoms with E-state index in [9.17, 15) is 0 Å². The van der Waals surface area contributed by atoms with Crippen molar-refractivity contribution in [1.29, 1.82) is 0 Å². The summed E-state index contributed by atoms with van der Waals surface area (Å²) in [6.07, 6.45) is 3.80. The van der Waals surface area contributed by atoms with E-state index in [1.165, 1.54) is 11.1 Å². The quantitative estimate of drug-likeness (QED) is 0.887. The van der Waals surface area contributed by atoms with Crippen LogP contribution in [0.1, 0.15) is 24.5 Å². The maximum absolute atomic E-state index is 6.16. The van der Waals surface area contributed by atoms with Gasteiger partial charge in [0.15, 0.2) is 0 Å². The topological polar surface area (TPSA) is 45.4 Å². The van der Waals surface area contributed by atoms with E-state index in [-0.39, 0.29) is 6.04 Å². The van der Waals surface area contributed by atoms with Crippen molar-refractivity contribution < 1.29 is 0 Å². The van der Waals surface area contributed by atoms with E-state index in [0.717, 1.165) is 51.4 Å². The minimum atomic E-state index is 0.215. The molecular formula is C20H28N4. The highest BCUT2D eigenvalue weighted by atomic mass is 15.3. The monoisotopic (exact) mass is 324 g/mol. The molecule has 0 spiro atoms. The standard InChI is InChI=1S/C20H28N4/c1-2-19(21)15-18-9-6-10-22-20(18)24-13-11-23(12-14-24)16-17-7-4-3-5-8-17/h3-10,19H,2,11-16,21H2,1H3. The molecule has 2 N–H and O–H groups in total. The summed E-state index contributed by atoms with van der Waals surface area (Å²) in [7, 11) is 0. The lowest BCUT2D eigenvalue weighted by molar-refractivity contribution is 0.249. The molecule has 1 aliphatic heterocycles. The molecule has 2 aromatic rings. The van der Waals surface area contributed by atoms with Crippen molar-refractivity contribution >= 4 is 5.82 Å². The van der Waals surface area contributed by atoms with Crippen LogP contribution in [0.3, 0.4) is 0 Å². The Bertz CT molecular complexity index is 621. The second-order valence-electron chi connectivity index (χ2n) is 6.61. The Labute approximate surface area is 145 Å². The van der Waals surface area contributed by atoms with Gasteiger partial charge in [0.1, 0.15) is 5.82 Å². The summed E-state index contributed by atoms with van der Waals surface area (Å²) in [5, 5.41) is 0. The average molecular weight is 324 g/mol. The van der Waals surface area contributed by atoms with Crippen LogP contribution in [0.2, 0.25) is 0 Å². The highest BCUT2D eigenvalue weighted by Crippen LogP contribution is 2.21. The molecule has 1 atom stereocenters. The molecule has 24 heavy (non-hydrogen) atoms. The van der Waals surface area contributed by atoms with Gasteiger partial charge in [0.25, 0.3) is 0 Å². The van der Waals surface area contributed by atoms with Gasteiger partial charge in [-0.1, -0.05) is 43.3 Å². The number of benzene rings is 1. The minimum Gasteiger partial charge on any atom is -0.354 e. The van der Waals surface area contributed by atoms with Crippen LogP contribution < -0.4 is 10.6 Å². The van der Waals surface area contributed by atoms with Gasteiger partial charge < -0.3 is 10.6 Å². The number of pyridine rings is 1. The third-order valence-electron chi connectivity index (χ3n) is 4.79. The SMILES string of the molecule is CCC(N)Cc1cccnc1N1CCN(Cc2ccccc2)CC1. The Balaban J connectivity index is 1.60. The zero-order valence-corrected chi connectivity index (χ0v) is 14.6. The highest BCUT2D eigenvalue weighted by molar-refractivity contribution is 5.47. The van der Waals surface area contributed by atoms with Crippen molar-refractivity contribution in [3.8, 4) is 0 Å². The maximum atomic E-state index is 6.16. The first-order chi connectivity index (χ1) is 11.8. The van der Waals surface area contributed by atoms with Crippen LogP contribution in [0, 0.1) is 0 Å². The predicted molar refractivity (Wildman–Crippen MR) is 100 cm³/mol. The number of hydrogen-bond donors (Lipinski definition) is 1. The number of hydrogen-bond acceptors (Lipinski definition) is 4. The molecule has 3 rings (SSSR count). The fraction of sp³-hybridized carbons (Fsp3) is 0.450. The van der Waals surface area contributed by atoms with Gasteiger partial charge in [-0.05, 0) is 30.0 Å². The number of rotatable bonds is 6. The Morgan fingerprint density at radius 3 is 2.50 bits per heavy atom. The Hall–Kier alpha value is -1.91. The molecule has 4 heteroatoms. The minimum absolute atomic E-state index is 0.215. The van der Waals surface area contributed by atoms with Gasteiger partial charge in [-0.15, -0.1) is 0 Å². The molecule has 0 bridgehead atoms. The number of anilines is 1. The van der Waals surface area contributed by atoms with Crippen molar-refractivity contribution in [2.75, 3.05) is 31.1 Å². The third kappa shape index (κ3) is 4.34. The summed E-state index contributed by atoms with van der Waals surface area (Å²) >= 11 is 0. The van der Waals surface area contributed by atoms with Gasteiger partial charge in [-0.3, -0.25) is 4.90 Å². The lowest BCUT2D eigenvalue weighted by atomic mass is 10.0. The largest absolute Gasteiger partial charge is 0.354 e. The number of nitrogens with two attached hydrogens (primary N) is 1. The van der Waals surface area contributed by atoms with Gasteiger partial charge in [0, 0.05) is 45.0 Å². The van der Waals surface area contributed by atoms with Crippen molar-refractivity contribution in [3.63, 3.8) is 0 Å². The number of nitrogens with zero attached hydrogens (tertiary/aromatic N) is 3. The second kappa shape index (κ2) is 8.27. The average Bonchev–Trinajstić information content (AvgIpc) is 2.64.